The highest BCUT2D eigenvalue weighted by atomic mass is 16.5. The quantitative estimate of drug-likeness (QED) is 0.790. The molecular formula is C10H13N5O. The minimum atomic E-state index is 0.558. The number of hydrogen-bond donors (Lipinski definition) is 2. The summed E-state index contributed by atoms with van der Waals surface area (Å²) in [5, 5.41) is 9.65. The summed E-state index contributed by atoms with van der Waals surface area (Å²) >= 11 is 0. The van der Waals surface area contributed by atoms with Crippen LogP contribution in [-0.4, -0.2) is 26.8 Å². The van der Waals surface area contributed by atoms with Gasteiger partial charge in [-0.2, -0.15) is 10.1 Å². The predicted octanol–water partition coefficient (Wildman–Crippen LogP) is 1.21. The monoisotopic (exact) mass is 219 g/mol. The molecule has 6 nitrogen and oxygen atoms in total. The standard InChI is InChI=1S/C10H13N5O/c1-2-16-10-5-3-4-8(14-10)11-6-9-12-7-13-15-9/h3-5,7H,2,6H2,1H3,(H,11,14)(H,12,13,15). The molecule has 16 heavy (non-hydrogen) atoms. The molecule has 2 aromatic heterocycles. The van der Waals surface area contributed by atoms with Gasteiger partial charge in [-0.05, 0) is 13.0 Å². The Morgan fingerprint density at radius 2 is 2.38 bits per heavy atom. The van der Waals surface area contributed by atoms with E-state index in [2.05, 4.69) is 25.5 Å². The van der Waals surface area contributed by atoms with Crippen LogP contribution in [0.15, 0.2) is 24.5 Å². The molecule has 2 heterocycles. The van der Waals surface area contributed by atoms with Gasteiger partial charge >= 0.3 is 0 Å². The first-order valence-corrected chi connectivity index (χ1v) is 5.06. The van der Waals surface area contributed by atoms with Gasteiger partial charge in [0, 0.05) is 6.07 Å². The summed E-state index contributed by atoms with van der Waals surface area (Å²) in [6, 6.07) is 5.59. The number of ether oxygens (including phenoxy) is 1. The predicted molar refractivity (Wildman–Crippen MR) is 59.1 cm³/mol. The van der Waals surface area contributed by atoms with Crippen LogP contribution in [0.4, 0.5) is 5.82 Å². The van der Waals surface area contributed by atoms with Crippen LogP contribution in [0.3, 0.4) is 0 Å². The summed E-state index contributed by atoms with van der Waals surface area (Å²) in [5.41, 5.74) is 0. The summed E-state index contributed by atoms with van der Waals surface area (Å²) in [6.07, 6.45) is 1.47. The number of aromatic amines is 1. The van der Waals surface area contributed by atoms with Crippen molar-refractivity contribution >= 4 is 5.82 Å². The highest BCUT2D eigenvalue weighted by Gasteiger charge is 1.99. The third-order valence-corrected chi connectivity index (χ3v) is 1.92. The molecule has 0 spiro atoms. The van der Waals surface area contributed by atoms with Crippen molar-refractivity contribution in [2.24, 2.45) is 0 Å². The summed E-state index contributed by atoms with van der Waals surface area (Å²) in [6.45, 7) is 3.09. The third-order valence-electron chi connectivity index (χ3n) is 1.92. The maximum absolute atomic E-state index is 5.30. The van der Waals surface area contributed by atoms with E-state index in [1.807, 2.05) is 25.1 Å². The average molecular weight is 219 g/mol. The largest absolute Gasteiger partial charge is 0.478 e. The number of nitrogens with one attached hydrogen (secondary N) is 2. The van der Waals surface area contributed by atoms with Crippen LogP contribution in [0.25, 0.3) is 0 Å². The number of nitrogens with zero attached hydrogens (tertiary/aromatic N) is 3. The molecule has 0 radical (unpaired) electrons. The lowest BCUT2D eigenvalue weighted by Gasteiger charge is -2.05. The van der Waals surface area contributed by atoms with Gasteiger partial charge in [0.1, 0.15) is 18.0 Å². The van der Waals surface area contributed by atoms with E-state index in [-0.39, 0.29) is 0 Å². The molecule has 6 heteroatoms. The first-order valence-electron chi connectivity index (χ1n) is 5.06. The van der Waals surface area contributed by atoms with Crippen molar-refractivity contribution in [1.29, 1.82) is 0 Å². The van der Waals surface area contributed by atoms with E-state index >= 15 is 0 Å². The second-order valence-corrected chi connectivity index (χ2v) is 3.08. The van der Waals surface area contributed by atoms with Crippen LogP contribution >= 0.6 is 0 Å². The molecule has 0 aliphatic carbocycles. The summed E-state index contributed by atoms with van der Waals surface area (Å²) in [5.74, 6) is 2.14. The molecule has 0 atom stereocenters. The van der Waals surface area contributed by atoms with Gasteiger partial charge in [0.25, 0.3) is 0 Å². The average Bonchev–Trinajstić information content (AvgIpc) is 2.80. The molecule has 0 aliphatic rings. The second kappa shape index (κ2) is 5.11. The number of hydrogen-bond acceptors (Lipinski definition) is 5. The summed E-state index contributed by atoms with van der Waals surface area (Å²) in [4.78, 5) is 8.27. The van der Waals surface area contributed by atoms with Crippen LogP contribution in [0.2, 0.25) is 0 Å². The van der Waals surface area contributed by atoms with E-state index in [1.165, 1.54) is 6.33 Å². The van der Waals surface area contributed by atoms with Crippen molar-refractivity contribution in [2.45, 2.75) is 13.5 Å². The van der Waals surface area contributed by atoms with E-state index in [4.69, 9.17) is 4.74 Å². The molecule has 2 rings (SSSR count). The molecule has 0 bridgehead atoms. The highest BCUT2D eigenvalue weighted by Crippen LogP contribution is 2.11. The Kier molecular flexibility index (Phi) is 3.32. The Morgan fingerprint density at radius 3 is 3.12 bits per heavy atom. The lowest BCUT2D eigenvalue weighted by Crippen LogP contribution is -2.04. The van der Waals surface area contributed by atoms with Crippen molar-refractivity contribution in [3.05, 3.63) is 30.4 Å². The third kappa shape index (κ3) is 2.69. The zero-order chi connectivity index (χ0) is 11.2. The summed E-state index contributed by atoms with van der Waals surface area (Å²) < 4.78 is 5.30. The molecule has 84 valence electrons. The van der Waals surface area contributed by atoms with Crippen LogP contribution in [0, 0.1) is 0 Å². The fraction of sp³-hybridized carbons (Fsp3) is 0.300. The Labute approximate surface area is 93.1 Å². The van der Waals surface area contributed by atoms with Gasteiger partial charge in [-0.3, -0.25) is 5.10 Å². The Balaban J connectivity index is 1.96. The van der Waals surface area contributed by atoms with Crippen LogP contribution in [-0.2, 0) is 6.54 Å². The smallest absolute Gasteiger partial charge is 0.215 e. The molecular weight excluding hydrogens is 206 g/mol. The molecule has 0 aliphatic heterocycles. The summed E-state index contributed by atoms with van der Waals surface area (Å²) in [7, 11) is 0. The maximum Gasteiger partial charge on any atom is 0.215 e. The maximum atomic E-state index is 5.30. The topological polar surface area (TPSA) is 75.7 Å². The second-order valence-electron chi connectivity index (χ2n) is 3.08. The lowest BCUT2D eigenvalue weighted by atomic mass is 10.4. The fourth-order valence-corrected chi connectivity index (χ4v) is 1.23. The molecule has 0 saturated carbocycles. The highest BCUT2D eigenvalue weighted by molar-refractivity contribution is 5.37. The molecule has 2 N–H and O–H groups in total. The van der Waals surface area contributed by atoms with Crippen LogP contribution < -0.4 is 10.1 Å². The zero-order valence-corrected chi connectivity index (χ0v) is 8.97. The van der Waals surface area contributed by atoms with Crippen molar-refractivity contribution in [2.75, 3.05) is 11.9 Å². The number of pyridine rings is 1. The first kappa shape index (κ1) is 10.4. The SMILES string of the molecule is CCOc1cccc(NCc2ncn[nH]2)n1. The number of rotatable bonds is 5. The minimum absolute atomic E-state index is 0.558. The van der Waals surface area contributed by atoms with E-state index in [0.717, 1.165) is 11.6 Å². The van der Waals surface area contributed by atoms with Gasteiger partial charge in [-0.25, -0.2) is 4.98 Å². The van der Waals surface area contributed by atoms with E-state index in [9.17, 15) is 0 Å². The van der Waals surface area contributed by atoms with Crippen molar-refractivity contribution in [3.8, 4) is 5.88 Å². The zero-order valence-electron chi connectivity index (χ0n) is 8.97. The van der Waals surface area contributed by atoms with Crippen molar-refractivity contribution in [1.82, 2.24) is 20.2 Å². The van der Waals surface area contributed by atoms with E-state index in [1.54, 1.807) is 0 Å². The van der Waals surface area contributed by atoms with E-state index in [0.29, 0.717) is 19.0 Å². The molecule has 0 amide bonds. The van der Waals surface area contributed by atoms with Crippen LogP contribution in [0.5, 0.6) is 5.88 Å². The van der Waals surface area contributed by atoms with Gasteiger partial charge in [0.05, 0.1) is 13.2 Å². The van der Waals surface area contributed by atoms with Crippen molar-refractivity contribution < 1.29 is 4.74 Å². The number of aromatic nitrogens is 4. The minimum Gasteiger partial charge on any atom is -0.478 e. The molecule has 0 aromatic carbocycles. The molecule has 0 fully saturated rings. The van der Waals surface area contributed by atoms with Crippen LogP contribution in [0.1, 0.15) is 12.7 Å². The van der Waals surface area contributed by atoms with Gasteiger partial charge in [-0.15, -0.1) is 0 Å². The molecule has 2 aromatic rings. The molecule has 0 saturated heterocycles. The Hall–Kier alpha value is -2.11. The van der Waals surface area contributed by atoms with Gasteiger partial charge < -0.3 is 10.1 Å². The molecule has 0 unspecified atom stereocenters. The van der Waals surface area contributed by atoms with Crippen molar-refractivity contribution in [3.63, 3.8) is 0 Å². The van der Waals surface area contributed by atoms with Gasteiger partial charge in [0.2, 0.25) is 5.88 Å². The normalized spacial score (nSPS) is 10.1. The Bertz CT molecular complexity index is 429. The fourth-order valence-electron chi connectivity index (χ4n) is 1.23. The first-order chi connectivity index (χ1) is 7.88. The van der Waals surface area contributed by atoms with Gasteiger partial charge in [-0.1, -0.05) is 6.07 Å². The number of H-pyrrole nitrogens is 1. The Morgan fingerprint density at radius 1 is 1.44 bits per heavy atom. The van der Waals surface area contributed by atoms with Gasteiger partial charge in [0.15, 0.2) is 0 Å². The lowest BCUT2D eigenvalue weighted by molar-refractivity contribution is 0.327. The van der Waals surface area contributed by atoms with E-state index < -0.39 is 0 Å². The number of anilines is 1.